The first-order valence-electron chi connectivity index (χ1n) is 8.57. The van der Waals surface area contributed by atoms with Gasteiger partial charge in [-0.25, -0.2) is 0 Å². The molecule has 1 radical (unpaired) electrons. The van der Waals surface area contributed by atoms with Crippen molar-refractivity contribution in [2.75, 3.05) is 21.3 Å². The van der Waals surface area contributed by atoms with Crippen molar-refractivity contribution in [3.8, 4) is 16.9 Å². The van der Waals surface area contributed by atoms with E-state index < -0.39 is 19.4 Å². The Labute approximate surface area is 162 Å². The van der Waals surface area contributed by atoms with Crippen molar-refractivity contribution in [2.24, 2.45) is 0 Å². The molecule has 0 aliphatic rings. The first-order valence-corrected chi connectivity index (χ1v) is 11.4. The summed E-state index contributed by atoms with van der Waals surface area (Å²) in [7, 11) is -1.03. The van der Waals surface area contributed by atoms with Crippen LogP contribution in [0.4, 0.5) is 0 Å². The third kappa shape index (κ3) is 4.97. The van der Waals surface area contributed by atoms with E-state index in [0.717, 1.165) is 18.4 Å². The van der Waals surface area contributed by atoms with Crippen LogP contribution < -0.4 is 4.74 Å². The smallest absolute Gasteiger partial charge is 0.392 e. The van der Waals surface area contributed by atoms with E-state index >= 15 is 0 Å². The molecular weight excluding hydrogens is 384 g/mol. The van der Waals surface area contributed by atoms with Gasteiger partial charge in [0, 0.05) is 30.9 Å². The lowest BCUT2D eigenvalue weighted by molar-refractivity contribution is 0.264. The molecule has 0 heterocycles. The van der Waals surface area contributed by atoms with Gasteiger partial charge in [-0.15, -0.1) is 0 Å². The van der Waals surface area contributed by atoms with Gasteiger partial charge in [-0.2, -0.15) is 8.42 Å². The van der Waals surface area contributed by atoms with Crippen LogP contribution in [0.25, 0.3) is 11.1 Å². The van der Waals surface area contributed by atoms with Gasteiger partial charge in [-0.3, -0.25) is 4.55 Å². The summed E-state index contributed by atoms with van der Waals surface area (Å²) in [4.78, 5) is -0.153. The summed E-state index contributed by atoms with van der Waals surface area (Å²) < 4.78 is 49.7. The monoisotopic (exact) mass is 409 g/mol. The molecule has 0 aliphatic heterocycles. The van der Waals surface area contributed by atoms with Crippen LogP contribution in [0.2, 0.25) is 0 Å². The third-order valence-corrected chi connectivity index (χ3v) is 7.25. The molecule has 2 aromatic carbocycles. The van der Waals surface area contributed by atoms with Gasteiger partial charge in [-0.1, -0.05) is 43.7 Å². The lowest BCUT2D eigenvalue weighted by Crippen LogP contribution is -2.29. The van der Waals surface area contributed by atoms with Gasteiger partial charge in [-0.05, 0) is 24.1 Å². The highest BCUT2D eigenvalue weighted by Gasteiger charge is 2.28. The maximum absolute atomic E-state index is 11.7. The summed E-state index contributed by atoms with van der Waals surface area (Å²) in [5.74, 6) is 0.526. The van der Waals surface area contributed by atoms with Crippen LogP contribution in [0.5, 0.6) is 5.75 Å². The van der Waals surface area contributed by atoms with Gasteiger partial charge in [0.1, 0.15) is 10.6 Å². The van der Waals surface area contributed by atoms with Gasteiger partial charge in [0.15, 0.2) is 0 Å². The molecule has 1 N–H and O–H groups in total. The van der Waals surface area contributed by atoms with Crippen LogP contribution in [0.3, 0.4) is 0 Å². The highest BCUT2D eigenvalue weighted by Crippen LogP contribution is 2.37. The molecule has 0 saturated carbocycles. The minimum Gasteiger partial charge on any atom is -0.496 e. The fourth-order valence-corrected chi connectivity index (χ4v) is 5.56. The Bertz CT molecular complexity index is 864. The molecule has 6 nitrogen and oxygen atoms in total. The van der Waals surface area contributed by atoms with Crippen LogP contribution >= 0.6 is 0 Å². The largest absolute Gasteiger partial charge is 0.496 e. The molecule has 1 atom stereocenters. The van der Waals surface area contributed by atoms with Crippen molar-refractivity contribution in [1.82, 2.24) is 0 Å². The fraction of sp³-hybridized carbons (Fsp3) is 0.368. The quantitative estimate of drug-likeness (QED) is 0.501. The molecule has 8 heteroatoms. The van der Waals surface area contributed by atoms with Gasteiger partial charge < -0.3 is 13.6 Å². The van der Waals surface area contributed by atoms with Crippen molar-refractivity contribution in [3.63, 3.8) is 0 Å². The van der Waals surface area contributed by atoms with Crippen LogP contribution in [0, 0.1) is 0 Å². The summed E-state index contributed by atoms with van der Waals surface area (Å²) in [5.41, 5.74) is 2.10. The molecule has 0 aromatic heterocycles. The fourth-order valence-electron chi connectivity index (χ4n) is 3.14. The molecule has 0 amide bonds. The third-order valence-electron chi connectivity index (χ3n) is 4.35. The molecule has 0 aliphatic carbocycles. The summed E-state index contributed by atoms with van der Waals surface area (Å²) in [5, 5.41) is 0. The Balaban J connectivity index is 2.58. The van der Waals surface area contributed by atoms with E-state index in [1.54, 1.807) is 32.4 Å². The van der Waals surface area contributed by atoms with Gasteiger partial charge in [0.25, 0.3) is 10.1 Å². The molecule has 1 unspecified atom stereocenters. The Morgan fingerprint density at radius 2 is 1.70 bits per heavy atom. The molecule has 27 heavy (non-hydrogen) atoms. The van der Waals surface area contributed by atoms with Gasteiger partial charge in [0.05, 0.1) is 7.11 Å². The van der Waals surface area contributed by atoms with E-state index in [0.29, 0.717) is 16.9 Å². The number of hydrogen-bond acceptors (Lipinski definition) is 5. The molecule has 147 valence electrons. The standard InChI is InChI=1S/C19H25O6SSi/c1-5-8-19(27(24-3)25-4)14-11-12-15(17(13-14)23-2)16-9-6-7-10-18(16)26(20,21)22/h6-7,9-13,19H,5,8H2,1-4H3,(H,20,21,22). The summed E-state index contributed by atoms with van der Waals surface area (Å²) >= 11 is 0. The van der Waals surface area contributed by atoms with Crippen molar-refractivity contribution in [1.29, 1.82) is 0 Å². The van der Waals surface area contributed by atoms with Gasteiger partial charge >= 0.3 is 9.28 Å². The summed E-state index contributed by atoms with van der Waals surface area (Å²) in [6, 6.07) is 11.9. The van der Waals surface area contributed by atoms with Crippen LogP contribution in [-0.4, -0.2) is 43.6 Å². The van der Waals surface area contributed by atoms with Crippen molar-refractivity contribution >= 4 is 19.4 Å². The predicted molar refractivity (Wildman–Crippen MR) is 106 cm³/mol. The van der Waals surface area contributed by atoms with Crippen molar-refractivity contribution in [3.05, 3.63) is 48.0 Å². The molecule has 0 spiro atoms. The average Bonchev–Trinajstić information content (AvgIpc) is 2.67. The highest BCUT2D eigenvalue weighted by molar-refractivity contribution is 7.86. The zero-order valence-corrected chi connectivity index (χ0v) is 17.7. The zero-order chi connectivity index (χ0) is 20.0. The Hall–Kier alpha value is -1.71. The number of rotatable bonds is 9. The van der Waals surface area contributed by atoms with Crippen molar-refractivity contribution < 1.29 is 26.6 Å². The molecule has 0 fully saturated rings. The molecule has 2 rings (SSSR count). The van der Waals surface area contributed by atoms with Gasteiger partial charge in [0.2, 0.25) is 0 Å². The number of ether oxygens (including phenoxy) is 1. The zero-order valence-electron chi connectivity index (χ0n) is 15.9. The second-order valence-corrected chi connectivity index (χ2v) is 9.54. The first kappa shape index (κ1) is 21.6. The number of methoxy groups -OCH3 is 1. The summed E-state index contributed by atoms with van der Waals surface area (Å²) in [6.45, 7) is 2.10. The minimum atomic E-state index is -4.35. The Morgan fingerprint density at radius 3 is 2.26 bits per heavy atom. The van der Waals surface area contributed by atoms with E-state index in [9.17, 15) is 13.0 Å². The van der Waals surface area contributed by atoms with E-state index in [4.69, 9.17) is 13.6 Å². The average molecular weight is 410 g/mol. The molecular formula is C19H25O6SSi. The second kappa shape index (κ2) is 9.47. The lowest BCUT2D eigenvalue weighted by Gasteiger charge is -2.23. The summed E-state index contributed by atoms with van der Waals surface area (Å²) in [6.07, 6.45) is 1.88. The van der Waals surface area contributed by atoms with E-state index in [1.165, 1.54) is 13.2 Å². The maximum atomic E-state index is 11.7. The lowest BCUT2D eigenvalue weighted by atomic mass is 10.00. The van der Waals surface area contributed by atoms with Crippen molar-refractivity contribution in [2.45, 2.75) is 30.2 Å². The highest BCUT2D eigenvalue weighted by atomic mass is 32.2. The number of hydrogen-bond donors (Lipinski definition) is 1. The van der Waals surface area contributed by atoms with Crippen LogP contribution in [0.1, 0.15) is 30.9 Å². The normalized spacial score (nSPS) is 13.0. The SMILES string of the molecule is CCCC(c1ccc(-c2ccccc2S(=O)(=O)O)c(OC)c1)[Si](OC)OC. The van der Waals surface area contributed by atoms with E-state index in [1.807, 2.05) is 18.2 Å². The molecule has 2 aromatic rings. The minimum absolute atomic E-state index is 0.106. The molecule has 0 bridgehead atoms. The Morgan fingerprint density at radius 1 is 1.04 bits per heavy atom. The first-order chi connectivity index (χ1) is 12.9. The second-order valence-electron chi connectivity index (χ2n) is 6.00. The van der Waals surface area contributed by atoms with E-state index in [-0.39, 0.29) is 10.4 Å². The van der Waals surface area contributed by atoms with Crippen LogP contribution in [0.15, 0.2) is 47.4 Å². The topological polar surface area (TPSA) is 82.1 Å². The number of benzene rings is 2. The Kier molecular flexibility index (Phi) is 7.57. The van der Waals surface area contributed by atoms with E-state index in [2.05, 4.69) is 6.92 Å². The maximum Gasteiger partial charge on any atom is 0.392 e. The predicted octanol–water partition coefficient (Wildman–Crippen LogP) is 3.81. The molecule has 0 saturated heterocycles. The van der Waals surface area contributed by atoms with Crippen LogP contribution in [-0.2, 0) is 19.0 Å².